The maximum Gasteiger partial charge on any atom is 0.132 e. The van der Waals surface area contributed by atoms with Gasteiger partial charge in [-0.2, -0.15) is 0 Å². The lowest BCUT2D eigenvalue weighted by atomic mass is 10.1. The van der Waals surface area contributed by atoms with E-state index in [-0.39, 0.29) is 0 Å². The van der Waals surface area contributed by atoms with Gasteiger partial charge in [0, 0.05) is 38.0 Å². The maximum absolute atomic E-state index is 5.23. The van der Waals surface area contributed by atoms with Gasteiger partial charge in [-0.3, -0.25) is 14.3 Å². The van der Waals surface area contributed by atoms with Gasteiger partial charge in [-0.25, -0.2) is 0 Å². The van der Waals surface area contributed by atoms with Crippen LogP contribution in [0.1, 0.15) is 45.4 Å². The van der Waals surface area contributed by atoms with Crippen molar-refractivity contribution in [1.82, 2.24) is 9.21 Å². The van der Waals surface area contributed by atoms with E-state index in [1.165, 1.54) is 25.7 Å². The minimum atomic E-state index is 0.378. The van der Waals surface area contributed by atoms with E-state index in [1.807, 2.05) is 24.2 Å². The van der Waals surface area contributed by atoms with Gasteiger partial charge in [-0.05, 0) is 51.7 Å². The van der Waals surface area contributed by atoms with Crippen LogP contribution in [0.5, 0.6) is 0 Å². The van der Waals surface area contributed by atoms with Crippen LogP contribution in [0.4, 0.5) is 0 Å². The fourth-order valence-corrected chi connectivity index (χ4v) is 4.30. The monoisotopic (exact) mass is 374 g/mol. The average molecular weight is 375 g/mol. The Hall–Kier alpha value is -1.33. The summed E-state index contributed by atoms with van der Waals surface area (Å²) in [6.45, 7) is 11.8. The largest absolute Gasteiger partial charge is 0.356 e. The van der Waals surface area contributed by atoms with E-state index in [2.05, 4.69) is 53.8 Å². The van der Waals surface area contributed by atoms with E-state index in [4.69, 9.17) is 4.99 Å². The number of hydrogen-bond acceptors (Lipinski definition) is 4. The summed E-state index contributed by atoms with van der Waals surface area (Å²) in [6.07, 6.45) is 15.4. The van der Waals surface area contributed by atoms with Crippen LogP contribution in [0.3, 0.4) is 0 Å². The van der Waals surface area contributed by atoms with Crippen LogP contribution in [0.2, 0.25) is 0 Å². The van der Waals surface area contributed by atoms with Gasteiger partial charge < -0.3 is 4.90 Å². The Morgan fingerprint density at radius 2 is 1.85 bits per heavy atom. The Balaban J connectivity index is 2.30. The van der Waals surface area contributed by atoms with Gasteiger partial charge in [0.2, 0.25) is 0 Å². The van der Waals surface area contributed by atoms with Gasteiger partial charge >= 0.3 is 0 Å². The molecule has 1 aliphatic carbocycles. The SMILES string of the molecule is C=C\C(C)=C/C(=C/N=C)C(=N\C1CCN(SC)CC1)/N(C)C1CCCC1. The van der Waals surface area contributed by atoms with Crippen molar-refractivity contribution < 1.29 is 0 Å². The molecule has 0 aromatic heterocycles. The molecule has 0 radical (unpaired) electrons. The molecule has 0 bridgehead atoms. The summed E-state index contributed by atoms with van der Waals surface area (Å²) in [5.41, 5.74) is 2.16. The van der Waals surface area contributed by atoms with Crippen molar-refractivity contribution >= 4 is 24.5 Å². The minimum Gasteiger partial charge on any atom is -0.356 e. The quantitative estimate of drug-likeness (QED) is 0.280. The number of aliphatic imine (C=N–C) groups is 2. The second kappa shape index (κ2) is 10.7. The molecule has 0 unspecified atom stereocenters. The lowest BCUT2D eigenvalue weighted by Gasteiger charge is -2.32. The van der Waals surface area contributed by atoms with Crippen molar-refractivity contribution in [3.8, 4) is 0 Å². The fourth-order valence-electron chi connectivity index (χ4n) is 3.72. The number of allylic oxidation sites excluding steroid dienone is 2. The predicted molar refractivity (Wildman–Crippen MR) is 117 cm³/mol. The first-order valence-corrected chi connectivity index (χ1v) is 10.8. The first kappa shape index (κ1) is 21.0. The number of piperidine rings is 1. The van der Waals surface area contributed by atoms with E-state index >= 15 is 0 Å². The Morgan fingerprint density at radius 3 is 2.38 bits per heavy atom. The lowest BCUT2D eigenvalue weighted by Crippen LogP contribution is -2.38. The molecule has 0 aromatic rings. The summed E-state index contributed by atoms with van der Waals surface area (Å²) in [5, 5.41) is 0. The molecule has 1 saturated carbocycles. The third-order valence-corrected chi connectivity index (χ3v) is 6.27. The van der Waals surface area contributed by atoms with Crippen molar-refractivity contribution in [2.75, 3.05) is 26.4 Å². The average Bonchev–Trinajstić information content (AvgIpc) is 3.20. The van der Waals surface area contributed by atoms with Crippen LogP contribution >= 0.6 is 11.9 Å². The highest BCUT2D eigenvalue weighted by atomic mass is 32.2. The molecule has 2 fully saturated rings. The molecule has 144 valence electrons. The number of hydrogen-bond donors (Lipinski definition) is 0. The van der Waals surface area contributed by atoms with E-state index in [1.54, 1.807) is 0 Å². The van der Waals surface area contributed by atoms with Crippen molar-refractivity contribution in [3.63, 3.8) is 0 Å². The van der Waals surface area contributed by atoms with Gasteiger partial charge in [0.1, 0.15) is 5.84 Å². The molecule has 1 aliphatic heterocycles. The fraction of sp³-hybridized carbons (Fsp3) is 0.619. The van der Waals surface area contributed by atoms with Crippen LogP contribution in [-0.2, 0) is 0 Å². The third kappa shape index (κ3) is 5.85. The molecule has 1 saturated heterocycles. The van der Waals surface area contributed by atoms with Crippen molar-refractivity contribution in [2.45, 2.75) is 57.5 Å². The first-order chi connectivity index (χ1) is 12.6. The smallest absolute Gasteiger partial charge is 0.132 e. The standard InChI is InChI=1S/C21H34N4S/c1-6-17(2)15-18(16-22-3)21(24(4)20-9-7-8-10-20)23-19-11-13-25(26-5)14-12-19/h6,15-16,19-20H,1,3,7-14H2,2,4-5H3/b17-15-,18-16-,23-21+. The normalized spacial score (nSPS) is 21.9. The minimum absolute atomic E-state index is 0.378. The third-order valence-electron chi connectivity index (χ3n) is 5.39. The molecule has 0 aromatic carbocycles. The van der Waals surface area contributed by atoms with Crippen LogP contribution in [0.15, 0.2) is 46.1 Å². The zero-order valence-corrected chi connectivity index (χ0v) is 17.5. The number of nitrogens with zero attached hydrogens (tertiary/aromatic N) is 4. The molecule has 26 heavy (non-hydrogen) atoms. The topological polar surface area (TPSA) is 31.2 Å². The molecule has 0 atom stereocenters. The molecule has 5 heteroatoms. The molecule has 0 amide bonds. The van der Waals surface area contributed by atoms with Gasteiger partial charge in [0.05, 0.1) is 6.04 Å². The Labute approximate surface area is 164 Å². The second-order valence-corrected chi connectivity index (χ2v) is 8.09. The molecule has 2 aliphatic rings. The molecular formula is C21H34N4S. The highest BCUT2D eigenvalue weighted by molar-refractivity contribution is 7.96. The van der Waals surface area contributed by atoms with E-state index in [0.29, 0.717) is 12.1 Å². The molecule has 4 nitrogen and oxygen atoms in total. The number of likely N-dealkylation sites (N-methyl/N-ethyl adjacent to an activating group) is 1. The lowest BCUT2D eigenvalue weighted by molar-refractivity contribution is 0.337. The highest BCUT2D eigenvalue weighted by Gasteiger charge is 2.26. The van der Waals surface area contributed by atoms with Gasteiger partial charge in [0.15, 0.2) is 0 Å². The summed E-state index contributed by atoms with van der Waals surface area (Å²) in [7, 11) is 2.19. The van der Waals surface area contributed by atoms with Crippen molar-refractivity contribution in [2.24, 2.45) is 9.98 Å². The predicted octanol–water partition coefficient (Wildman–Crippen LogP) is 4.72. The highest BCUT2D eigenvalue weighted by Crippen LogP contribution is 2.26. The van der Waals surface area contributed by atoms with Gasteiger partial charge in [-0.15, -0.1) is 0 Å². The van der Waals surface area contributed by atoms with Crippen LogP contribution in [0.25, 0.3) is 0 Å². The van der Waals surface area contributed by atoms with Crippen LogP contribution in [0, 0.1) is 0 Å². The second-order valence-electron chi connectivity index (χ2n) is 7.20. The van der Waals surface area contributed by atoms with Gasteiger partial charge in [-0.1, -0.05) is 43.0 Å². The first-order valence-electron chi connectivity index (χ1n) is 9.65. The van der Waals surface area contributed by atoms with E-state index in [9.17, 15) is 0 Å². The Kier molecular flexibility index (Phi) is 8.66. The Bertz CT molecular complexity index is 565. The summed E-state index contributed by atoms with van der Waals surface area (Å²) in [5.74, 6) is 1.06. The Morgan fingerprint density at radius 1 is 1.19 bits per heavy atom. The van der Waals surface area contributed by atoms with E-state index in [0.717, 1.165) is 42.9 Å². The maximum atomic E-state index is 5.23. The summed E-state index contributed by atoms with van der Waals surface area (Å²) in [6, 6.07) is 0.952. The van der Waals surface area contributed by atoms with E-state index < -0.39 is 0 Å². The zero-order chi connectivity index (χ0) is 18.9. The summed E-state index contributed by atoms with van der Waals surface area (Å²) >= 11 is 1.84. The van der Waals surface area contributed by atoms with Crippen molar-refractivity contribution in [3.05, 3.63) is 36.1 Å². The molecule has 2 rings (SSSR count). The molecule has 0 spiro atoms. The van der Waals surface area contributed by atoms with Gasteiger partial charge in [0.25, 0.3) is 0 Å². The molecule has 1 heterocycles. The van der Waals surface area contributed by atoms with Crippen LogP contribution in [-0.4, -0.2) is 60.2 Å². The van der Waals surface area contributed by atoms with Crippen molar-refractivity contribution in [1.29, 1.82) is 0 Å². The summed E-state index contributed by atoms with van der Waals surface area (Å²) in [4.78, 5) is 11.7. The summed E-state index contributed by atoms with van der Waals surface area (Å²) < 4.78 is 2.43. The number of rotatable bonds is 7. The van der Waals surface area contributed by atoms with Crippen LogP contribution < -0.4 is 0 Å². The molecule has 0 N–H and O–H groups in total. The zero-order valence-electron chi connectivity index (χ0n) is 16.7. The molecular weight excluding hydrogens is 340 g/mol. The number of amidine groups is 1.